The van der Waals surface area contributed by atoms with Gasteiger partial charge in [-0.25, -0.2) is 0 Å². The predicted molar refractivity (Wildman–Crippen MR) is 123 cm³/mol. The van der Waals surface area contributed by atoms with Crippen LogP contribution in [0.3, 0.4) is 0 Å². The molecule has 0 aliphatic carbocycles. The second-order valence-corrected chi connectivity index (χ2v) is 7.65. The van der Waals surface area contributed by atoms with E-state index in [-0.39, 0.29) is 5.91 Å². The number of unbranched alkanes of at least 4 members (excludes halogenated alkanes) is 1. The predicted octanol–water partition coefficient (Wildman–Crippen LogP) is 5.47. The lowest BCUT2D eigenvalue weighted by Crippen LogP contribution is -2.12. The Labute approximate surface area is 181 Å². The average Bonchev–Trinajstić information content (AvgIpc) is 3.19. The first-order chi connectivity index (χ1) is 15.0. The van der Waals surface area contributed by atoms with E-state index in [1.54, 1.807) is 16.9 Å². The van der Waals surface area contributed by atoms with Crippen LogP contribution >= 0.6 is 0 Å². The Bertz CT molecular complexity index is 1230. The molecule has 0 unspecified atom stereocenters. The van der Waals surface area contributed by atoms with E-state index in [1.165, 1.54) is 11.1 Å². The Kier molecular flexibility index (Phi) is 5.98. The van der Waals surface area contributed by atoms with Crippen LogP contribution in [-0.4, -0.2) is 27.5 Å². The van der Waals surface area contributed by atoms with Gasteiger partial charge in [-0.05, 0) is 79.9 Å². The summed E-state index contributed by atoms with van der Waals surface area (Å²) in [4.78, 5) is 14.3. The van der Waals surface area contributed by atoms with E-state index in [1.807, 2.05) is 36.4 Å². The fourth-order valence-electron chi connectivity index (χ4n) is 3.22. The van der Waals surface area contributed by atoms with Crippen molar-refractivity contribution in [2.75, 3.05) is 11.9 Å². The average molecular weight is 415 g/mol. The smallest absolute Gasteiger partial charge is 0.255 e. The summed E-state index contributed by atoms with van der Waals surface area (Å²) in [5.41, 5.74) is 6.02. The van der Waals surface area contributed by atoms with Crippen LogP contribution in [-0.2, 0) is 0 Å². The van der Waals surface area contributed by atoms with Crippen molar-refractivity contribution in [3.8, 4) is 11.4 Å². The third-order valence-corrected chi connectivity index (χ3v) is 5.22. The summed E-state index contributed by atoms with van der Waals surface area (Å²) in [7, 11) is 0. The zero-order valence-electron chi connectivity index (χ0n) is 18.1. The third-order valence-electron chi connectivity index (χ3n) is 5.22. The highest BCUT2D eigenvalue weighted by Crippen LogP contribution is 2.20. The van der Waals surface area contributed by atoms with E-state index in [0.717, 1.165) is 24.0 Å². The van der Waals surface area contributed by atoms with Gasteiger partial charge in [-0.1, -0.05) is 25.5 Å². The second kappa shape index (κ2) is 9.00. The molecule has 0 aliphatic rings. The molecule has 0 atom stereocenters. The second-order valence-electron chi connectivity index (χ2n) is 7.65. The molecule has 0 saturated heterocycles. The first kappa shape index (κ1) is 20.6. The number of nitrogens with one attached hydrogen (secondary N) is 1. The van der Waals surface area contributed by atoms with Gasteiger partial charge in [0.05, 0.1) is 12.3 Å². The van der Waals surface area contributed by atoms with Gasteiger partial charge in [0.15, 0.2) is 0 Å². The minimum atomic E-state index is -0.193. The third kappa shape index (κ3) is 4.74. The molecular weight excluding hydrogens is 388 g/mol. The van der Waals surface area contributed by atoms with Gasteiger partial charge in [0.1, 0.15) is 16.8 Å². The monoisotopic (exact) mass is 414 g/mol. The van der Waals surface area contributed by atoms with Crippen LogP contribution in [0.1, 0.15) is 41.3 Å². The number of carbonyl (C=O) groups excluding carboxylic acids is 1. The molecule has 6 heteroatoms. The highest BCUT2D eigenvalue weighted by Gasteiger charge is 2.10. The van der Waals surface area contributed by atoms with Crippen LogP contribution in [0.5, 0.6) is 5.75 Å². The summed E-state index contributed by atoms with van der Waals surface area (Å²) in [5, 5.41) is 12.1. The first-order valence-corrected chi connectivity index (χ1v) is 10.5. The normalized spacial score (nSPS) is 10.9. The fraction of sp³-hybridized carbons (Fsp3) is 0.240. The molecule has 4 aromatic rings. The summed E-state index contributed by atoms with van der Waals surface area (Å²) in [5.74, 6) is 0.509. The number of carbonyl (C=O) groups is 1. The van der Waals surface area contributed by atoms with Crippen LogP contribution in [0.25, 0.3) is 16.7 Å². The van der Waals surface area contributed by atoms with Crippen molar-refractivity contribution in [3.05, 3.63) is 77.4 Å². The standard InChI is InChI=1S/C25H26N4O2/c1-4-5-13-31-22-8-6-7-19(15-22)25(30)26-20-10-12-23-24(16-20)28-29(27-23)21-11-9-17(2)18(3)14-21/h6-12,14-16H,4-5,13H2,1-3H3,(H,26,30). The molecule has 0 bridgehead atoms. The largest absolute Gasteiger partial charge is 0.494 e. The minimum absolute atomic E-state index is 0.193. The van der Waals surface area contributed by atoms with Gasteiger partial charge in [-0.3, -0.25) is 4.79 Å². The molecule has 158 valence electrons. The van der Waals surface area contributed by atoms with Crippen molar-refractivity contribution in [1.82, 2.24) is 15.0 Å². The van der Waals surface area contributed by atoms with Crippen LogP contribution in [0.4, 0.5) is 5.69 Å². The van der Waals surface area contributed by atoms with Crippen molar-refractivity contribution < 1.29 is 9.53 Å². The van der Waals surface area contributed by atoms with Gasteiger partial charge in [-0.2, -0.15) is 4.80 Å². The quantitative estimate of drug-likeness (QED) is 0.407. The van der Waals surface area contributed by atoms with Crippen molar-refractivity contribution in [1.29, 1.82) is 0 Å². The molecule has 0 saturated carbocycles. The number of hydrogen-bond donors (Lipinski definition) is 1. The van der Waals surface area contributed by atoms with Gasteiger partial charge in [0, 0.05) is 11.3 Å². The molecule has 1 N–H and O–H groups in total. The van der Waals surface area contributed by atoms with Crippen LogP contribution in [0.15, 0.2) is 60.7 Å². The Balaban J connectivity index is 1.52. The topological polar surface area (TPSA) is 69.0 Å². The number of ether oxygens (including phenoxy) is 1. The van der Waals surface area contributed by atoms with E-state index >= 15 is 0 Å². The molecule has 3 aromatic carbocycles. The number of hydrogen-bond acceptors (Lipinski definition) is 4. The Hall–Kier alpha value is -3.67. The van der Waals surface area contributed by atoms with Crippen LogP contribution in [0.2, 0.25) is 0 Å². The molecule has 0 spiro atoms. The number of aryl methyl sites for hydroxylation is 2. The molecule has 31 heavy (non-hydrogen) atoms. The van der Waals surface area contributed by atoms with Gasteiger partial charge >= 0.3 is 0 Å². The number of rotatable bonds is 7. The number of aromatic nitrogens is 3. The van der Waals surface area contributed by atoms with Crippen molar-refractivity contribution >= 4 is 22.6 Å². The maximum atomic E-state index is 12.7. The highest BCUT2D eigenvalue weighted by atomic mass is 16.5. The Morgan fingerprint density at radius 2 is 1.81 bits per heavy atom. The molecule has 0 radical (unpaired) electrons. The molecule has 6 nitrogen and oxygen atoms in total. The molecule has 0 fully saturated rings. The summed E-state index contributed by atoms with van der Waals surface area (Å²) in [6.45, 7) is 6.91. The maximum absolute atomic E-state index is 12.7. The van der Waals surface area contributed by atoms with Gasteiger partial charge < -0.3 is 10.1 Å². The summed E-state index contributed by atoms with van der Waals surface area (Å²) >= 11 is 0. The number of anilines is 1. The fourth-order valence-corrected chi connectivity index (χ4v) is 3.22. The molecule has 1 aromatic heterocycles. The van der Waals surface area contributed by atoms with E-state index in [0.29, 0.717) is 29.1 Å². The van der Waals surface area contributed by atoms with E-state index in [2.05, 4.69) is 48.4 Å². The summed E-state index contributed by atoms with van der Waals surface area (Å²) < 4.78 is 5.70. The molecule has 1 heterocycles. The number of fused-ring (bicyclic) bond motifs is 1. The zero-order valence-corrected chi connectivity index (χ0v) is 18.1. The molecule has 0 aliphatic heterocycles. The number of benzene rings is 3. The van der Waals surface area contributed by atoms with Crippen LogP contribution < -0.4 is 10.1 Å². The van der Waals surface area contributed by atoms with E-state index in [9.17, 15) is 4.79 Å². The number of nitrogens with zero attached hydrogens (tertiary/aromatic N) is 3. The SMILES string of the molecule is CCCCOc1cccc(C(=O)Nc2ccc3nn(-c4ccc(C)c(C)c4)nc3c2)c1. The lowest BCUT2D eigenvalue weighted by atomic mass is 10.1. The first-order valence-electron chi connectivity index (χ1n) is 10.5. The zero-order chi connectivity index (χ0) is 21.8. The minimum Gasteiger partial charge on any atom is -0.494 e. The highest BCUT2D eigenvalue weighted by molar-refractivity contribution is 6.05. The Morgan fingerprint density at radius 1 is 0.968 bits per heavy atom. The summed E-state index contributed by atoms with van der Waals surface area (Å²) in [6, 6.07) is 18.9. The van der Waals surface area contributed by atoms with Crippen molar-refractivity contribution in [2.45, 2.75) is 33.6 Å². The van der Waals surface area contributed by atoms with Crippen molar-refractivity contribution in [2.24, 2.45) is 0 Å². The van der Waals surface area contributed by atoms with E-state index < -0.39 is 0 Å². The molecule has 1 amide bonds. The van der Waals surface area contributed by atoms with Crippen molar-refractivity contribution in [3.63, 3.8) is 0 Å². The van der Waals surface area contributed by atoms with Crippen LogP contribution in [0, 0.1) is 13.8 Å². The van der Waals surface area contributed by atoms with E-state index in [4.69, 9.17) is 4.74 Å². The molecule has 4 rings (SSSR count). The Morgan fingerprint density at radius 3 is 2.61 bits per heavy atom. The van der Waals surface area contributed by atoms with Gasteiger partial charge in [0.25, 0.3) is 5.91 Å². The molecular formula is C25H26N4O2. The van der Waals surface area contributed by atoms with Gasteiger partial charge in [-0.15, -0.1) is 10.2 Å². The number of amides is 1. The van der Waals surface area contributed by atoms with Gasteiger partial charge in [0.2, 0.25) is 0 Å². The maximum Gasteiger partial charge on any atom is 0.255 e. The lowest BCUT2D eigenvalue weighted by Gasteiger charge is -2.08. The summed E-state index contributed by atoms with van der Waals surface area (Å²) in [6.07, 6.45) is 2.05. The lowest BCUT2D eigenvalue weighted by molar-refractivity contribution is 0.102.